The molecule has 0 amide bonds. The second-order valence-corrected chi connectivity index (χ2v) is 6.98. The van der Waals surface area contributed by atoms with Crippen LogP contribution >= 0.6 is 11.6 Å². The number of halogens is 1. The second kappa shape index (κ2) is 8.88. The lowest BCUT2D eigenvalue weighted by molar-refractivity contribution is 0.394. The smallest absolute Gasteiger partial charge is 0.247 e. The zero-order valence-electron chi connectivity index (χ0n) is 16.5. The standard InChI is InChI=1S/C23H20ClN3O3/c1-28-19-12-18(13-20(14-19)29-2)25-21(15-8-10-17(24)11-9-15)23-27-26-22(30-23)16-6-4-3-5-7-16/h3-14,21,25H,1-2H3/t21-/m1/s1. The molecule has 0 aliphatic rings. The van der Waals surface area contributed by atoms with Gasteiger partial charge in [0.15, 0.2) is 0 Å². The van der Waals surface area contributed by atoms with Crippen molar-refractivity contribution in [3.63, 3.8) is 0 Å². The van der Waals surface area contributed by atoms with Gasteiger partial charge in [-0.1, -0.05) is 41.9 Å². The van der Waals surface area contributed by atoms with E-state index in [-0.39, 0.29) is 0 Å². The van der Waals surface area contributed by atoms with Crippen molar-refractivity contribution in [3.05, 3.63) is 89.3 Å². The first-order chi connectivity index (χ1) is 14.7. The number of hydrogen-bond acceptors (Lipinski definition) is 6. The van der Waals surface area contributed by atoms with Crippen LogP contribution in [0.1, 0.15) is 17.5 Å². The molecule has 0 bridgehead atoms. The summed E-state index contributed by atoms with van der Waals surface area (Å²) >= 11 is 6.08. The highest BCUT2D eigenvalue weighted by Crippen LogP contribution is 2.32. The Labute approximate surface area is 179 Å². The average molecular weight is 422 g/mol. The van der Waals surface area contributed by atoms with Gasteiger partial charge in [0.1, 0.15) is 17.5 Å². The van der Waals surface area contributed by atoms with Crippen LogP contribution in [0.5, 0.6) is 11.5 Å². The van der Waals surface area contributed by atoms with E-state index in [1.165, 1.54) is 0 Å². The van der Waals surface area contributed by atoms with Crippen LogP contribution in [0.3, 0.4) is 0 Å². The number of nitrogens with zero attached hydrogens (tertiary/aromatic N) is 2. The summed E-state index contributed by atoms with van der Waals surface area (Å²) < 4.78 is 16.8. The number of ether oxygens (including phenoxy) is 2. The summed E-state index contributed by atoms with van der Waals surface area (Å²) in [4.78, 5) is 0. The molecule has 7 heteroatoms. The normalized spacial score (nSPS) is 11.7. The van der Waals surface area contributed by atoms with Crippen molar-refractivity contribution in [1.29, 1.82) is 0 Å². The zero-order chi connectivity index (χ0) is 20.9. The van der Waals surface area contributed by atoms with E-state index in [2.05, 4.69) is 15.5 Å². The molecule has 1 heterocycles. The van der Waals surface area contributed by atoms with Crippen molar-refractivity contribution in [2.45, 2.75) is 6.04 Å². The molecular formula is C23H20ClN3O3. The third-order valence-corrected chi connectivity index (χ3v) is 4.83. The van der Waals surface area contributed by atoms with Crippen LogP contribution in [0.15, 0.2) is 77.2 Å². The molecule has 0 radical (unpaired) electrons. The maximum atomic E-state index is 6.08. The van der Waals surface area contributed by atoms with Crippen molar-refractivity contribution >= 4 is 17.3 Å². The lowest BCUT2D eigenvalue weighted by Gasteiger charge is -2.18. The minimum absolute atomic E-state index is 0.399. The Hall–Kier alpha value is -3.51. The predicted molar refractivity (Wildman–Crippen MR) is 116 cm³/mol. The fraction of sp³-hybridized carbons (Fsp3) is 0.130. The summed E-state index contributed by atoms with van der Waals surface area (Å²) in [6, 6.07) is 22.3. The van der Waals surface area contributed by atoms with Gasteiger partial charge in [-0.3, -0.25) is 0 Å². The quantitative estimate of drug-likeness (QED) is 0.418. The SMILES string of the molecule is COc1cc(N[C@H](c2ccc(Cl)cc2)c2nnc(-c3ccccc3)o2)cc(OC)c1. The van der Waals surface area contributed by atoms with Crippen LogP contribution in [0.25, 0.3) is 11.5 Å². The topological polar surface area (TPSA) is 69.4 Å². The van der Waals surface area contributed by atoms with E-state index in [9.17, 15) is 0 Å². The van der Waals surface area contributed by atoms with E-state index in [0.717, 1.165) is 16.8 Å². The molecule has 0 aliphatic carbocycles. The summed E-state index contributed by atoms with van der Waals surface area (Å²) in [6.45, 7) is 0. The molecule has 3 aromatic carbocycles. The van der Waals surface area contributed by atoms with Crippen LogP contribution in [-0.2, 0) is 0 Å². The number of methoxy groups -OCH3 is 2. The molecule has 0 unspecified atom stereocenters. The van der Waals surface area contributed by atoms with Crippen LogP contribution in [0.4, 0.5) is 5.69 Å². The van der Waals surface area contributed by atoms with Gasteiger partial charge in [-0.05, 0) is 29.8 Å². The fourth-order valence-electron chi connectivity index (χ4n) is 3.05. The van der Waals surface area contributed by atoms with Gasteiger partial charge in [-0.2, -0.15) is 0 Å². The Kier molecular flexibility index (Phi) is 5.86. The van der Waals surface area contributed by atoms with Gasteiger partial charge in [-0.25, -0.2) is 0 Å². The van der Waals surface area contributed by atoms with Gasteiger partial charge in [-0.15, -0.1) is 10.2 Å². The third kappa shape index (κ3) is 4.39. The molecule has 4 rings (SSSR count). The zero-order valence-corrected chi connectivity index (χ0v) is 17.3. The molecule has 0 aliphatic heterocycles. The number of benzene rings is 3. The summed E-state index contributed by atoms with van der Waals surface area (Å²) in [5.74, 6) is 2.22. The molecule has 6 nitrogen and oxygen atoms in total. The highest BCUT2D eigenvalue weighted by Gasteiger charge is 2.22. The van der Waals surface area contributed by atoms with Crippen LogP contribution < -0.4 is 14.8 Å². The molecule has 4 aromatic rings. The Morgan fingerprint density at radius 2 is 1.53 bits per heavy atom. The molecular weight excluding hydrogens is 402 g/mol. The van der Waals surface area contributed by atoms with Gasteiger partial charge in [0.25, 0.3) is 0 Å². The van der Waals surface area contributed by atoms with Crippen LogP contribution in [-0.4, -0.2) is 24.4 Å². The van der Waals surface area contributed by atoms with E-state index in [1.54, 1.807) is 14.2 Å². The maximum Gasteiger partial charge on any atom is 0.247 e. The third-order valence-electron chi connectivity index (χ3n) is 4.57. The molecule has 0 saturated heterocycles. The van der Waals surface area contributed by atoms with Crippen LogP contribution in [0.2, 0.25) is 5.02 Å². The van der Waals surface area contributed by atoms with E-state index < -0.39 is 6.04 Å². The minimum atomic E-state index is -0.399. The van der Waals surface area contributed by atoms with Crippen molar-refractivity contribution in [2.24, 2.45) is 0 Å². The molecule has 1 N–H and O–H groups in total. The van der Waals surface area contributed by atoms with E-state index in [0.29, 0.717) is 28.3 Å². The first-order valence-electron chi connectivity index (χ1n) is 9.30. The van der Waals surface area contributed by atoms with Gasteiger partial charge in [0.2, 0.25) is 11.8 Å². The highest BCUT2D eigenvalue weighted by molar-refractivity contribution is 6.30. The summed E-state index contributed by atoms with van der Waals surface area (Å²) in [7, 11) is 3.22. The molecule has 0 saturated carbocycles. The monoisotopic (exact) mass is 421 g/mol. The van der Waals surface area contributed by atoms with E-state index in [1.807, 2.05) is 72.8 Å². The molecule has 30 heavy (non-hydrogen) atoms. The molecule has 152 valence electrons. The van der Waals surface area contributed by atoms with Crippen molar-refractivity contribution in [1.82, 2.24) is 10.2 Å². The maximum absolute atomic E-state index is 6.08. The predicted octanol–water partition coefficient (Wildman–Crippen LogP) is 5.61. The fourth-order valence-corrected chi connectivity index (χ4v) is 3.17. The molecule has 0 fully saturated rings. The van der Waals surface area contributed by atoms with Gasteiger partial charge >= 0.3 is 0 Å². The lowest BCUT2D eigenvalue weighted by Crippen LogP contribution is -2.13. The van der Waals surface area contributed by atoms with E-state index >= 15 is 0 Å². The summed E-state index contributed by atoms with van der Waals surface area (Å²) in [5.41, 5.74) is 2.56. The molecule has 1 aromatic heterocycles. The minimum Gasteiger partial charge on any atom is -0.497 e. The summed E-state index contributed by atoms with van der Waals surface area (Å²) in [6.07, 6.45) is 0. The summed E-state index contributed by atoms with van der Waals surface area (Å²) in [5, 5.41) is 12.6. The van der Waals surface area contributed by atoms with Gasteiger partial charge < -0.3 is 19.2 Å². The van der Waals surface area contributed by atoms with Crippen LogP contribution in [0, 0.1) is 0 Å². The first kappa shape index (κ1) is 19.8. The van der Waals surface area contributed by atoms with Gasteiger partial charge in [0, 0.05) is 34.5 Å². The Morgan fingerprint density at radius 3 is 2.17 bits per heavy atom. The van der Waals surface area contributed by atoms with E-state index in [4.69, 9.17) is 25.5 Å². The number of hydrogen-bond donors (Lipinski definition) is 1. The lowest BCUT2D eigenvalue weighted by atomic mass is 10.1. The Balaban J connectivity index is 1.73. The van der Waals surface area contributed by atoms with Crippen molar-refractivity contribution in [2.75, 3.05) is 19.5 Å². The van der Waals surface area contributed by atoms with Gasteiger partial charge in [0.05, 0.1) is 14.2 Å². The van der Waals surface area contributed by atoms with Crippen molar-refractivity contribution in [3.8, 4) is 23.0 Å². The largest absolute Gasteiger partial charge is 0.497 e. The number of aromatic nitrogens is 2. The first-order valence-corrected chi connectivity index (χ1v) is 9.68. The second-order valence-electron chi connectivity index (χ2n) is 6.54. The van der Waals surface area contributed by atoms with Crippen molar-refractivity contribution < 1.29 is 13.9 Å². The average Bonchev–Trinajstić information content (AvgIpc) is 3.28. The number of anilines is 1. The molecule has 1 atom stereocenters. The number of nitrogens with one attached hydrogen (secondary N) is 1. The molecule has 0 spiro atoms. The Bertz CT molecular complexity index is 1090. The number of rotatable bonds is 7. The Morgan fingerprint density at radius 1 is 0.867 bits per heavy atom. The highest BCUT2D eigenvalue weighted by atomic mass is 35.5.